The van der Waals surface area contributed by atoms with E-state index in [0.717, 1.165) is 25.9 Å². The fraction of sp³-hybridized carbons (Fsp3) is 0.294. The van der Waals surface area contributed by atoms with Crippen LogP contribution in [0.25, 0.3) is 0 Å². The first-order valence-electron chi connectivity index (χ1n) is 7.53. The Hall–Kier alpha value is -2.27. The first-order chi connectivity index (χ1) is 11.1. The number of hydrogen-bond acceptors (Lipinski definition) is 3. The summed E-state index contributed by atoms with van der Waals surface area (Å²) in [5, 5.41) is 0.611. The zero-order valence-corrected chi connectivity index (χ0v) is 13.3. The third kappa shape index (κ3) is 3.74. The number of H-pyrrole nitrogens is 1. The molecule has 1 aromatic heterocycles. The quantitative estimate of drug-likeness (QED) is 0.855. The molecule has 0 spiro atoms. The minimum absolute atomic E-state index is 0.0554. The van der Waals surface area contributed by atoms with E-state index in [1.54, 1.807) is 41.4 Å². The number of ether oxygens (including phenoxy) is 1. The molecule has 0 aliphatic carbocycles. The number of carbonyl (C=O) groups excluding carboxylic acids is 2. The monoisotopic (exact) mass is 332 g/mol. The number of nitrogens with one attached hydrogen (secondary N) is 1. The van der Waals surface area contributed by atoms with E-state index in [1.807, 2.05) is 0 Å². The second-order valence-electron chi connectivity index (χ2n) is 5.47. The van der Waals surface area contributed by atoms with Crippen molar-refractivity contribution >= 4 is 23.3 Å². The van der Waals surface area contributed by atoms with Gasteiger partial charge in [-0.15, -0.1) is 0 Å². The van der Waals surface area contributed by atoms with Crippen LogP contribution >= 0.6 is 11.6 Å². The molecule has 2 heterocycles. The maximum Gasteiger partial charge on any atom is 0.270 e. The van der Waals surface area contributed by atoms with E-state index in [4.69, 9.17) is 16.3 Å². The van der Waals surface area contributed by atoms with Crippen molar-refractivity contribution in [1.82, 2.24) is 9.88 Å². The summed E-state index contributed by atoms with van der Waals surface area (Å²) in [5.41, 5.74) is 0.892. The first kappa shape index (κ1) is 15.6. The van der Waals surface area contributed by atoms with Gasteiger partial charge in [-0.1, -0.05) is 11.6 Å². The third-order valence-electron chi connectivity index (χ3n) is 3.81. The zero-order chi connectivity index (χ0) is 16.2. The lowest BCUT2D eigenvalue weighted by atomic mass is 10.2. The van der Waals surface area contributed by atoms with Crippen LogP contribution in [0.1, 0.15) is 33.7 Å². The Morgan fingerprint density at radius 2 is 1.87 bits per heavy atom. The van der Waals surface area contributed by atoms with Crippen molar-refractivity contribution in [2.45, 2.75) is 12.8 Å². The third-order valence-corrected chi connectivity index (χ3v) is 4.06. The molecular formula is C17H17ClN2O3. The van der Waals surface area contributed by atoms with Crippen molar-refractivity contribution < 1.29 is 14.3 Å². The summed E-state index contributed by atoms with van der Waals surface area (Å²) in [4.78, 5) is 29.1. The Bertz CT molecular complexity index is 703. The summed E-state index contributed by atoms with van der Waals surface area (Å²) < 4.78 is 5.43. The largest absolute Gasteiger partial charge is 0.485 e. The van der Waals surface area contributed by atoms with Gasteiger partial charge in [0, 0.05) is 29.9 Å². The molecular weight excluding hydrogens is 316 g/mol. The Morgan fingerprint density at radius 3 is 2.57 bits per heavy atom. The van der Waals surface area contributed by atoms with E-state index in [9.17, 15) is 9.59 Å². The van der Waals surface area contributed by atoms with Gasteiger partial charge in [0.05, 0.1) is 0 Å². The number of benzene rings is 1. The molecule has 0 bridgehead atoms. The van der Waals surface area contributed by atoms with Crippen molar-refractivity contribution in [2.24, 2.45) is 0 Å². The molecule has 1 fully saturated rings. The van der Waals surface area contributed by atoms with Crippen molar-refractivity contribution in [1.29, 1.82) is 0 Å². The summed E-state index contributed by atoms with van der Waals surface area (Å²) in [6.07, 6.45) is 3.62. The van der Waals surface area contributed by atoms with Crippen LogP contribution in [-0.2, 0) is 0 Å². The van der Waals surface area contributed by atoms with Crippen molar-refractivity contribution in [3.8, 4) is 5.75 Å². The molecule has 1 aromatic carbocycles. The highest BCUT2D eigenvalue weighted by Gasteiger charge is 2.21. The van der Waals surface area contributed by atoms with Gasteiger partial charge >= 0.3 is 0 Å². The summed E-state index contributed by atoms with van der Waals surface area (Å²) in [5.74, 6) is 0.337. The number of amides is 1. The molecule has 1 aliphatic heterocycles. The first-order valence-corrected chi connectivity index (χ1v) is 7.90. The second kappa shape index (κ2) is 6.87. The number of hydrogen-bond donors (Lipinski definition) is 1. The van der Waals surface area contributed by atoms with Crippen LogP contribution in [0.15, 0.2) is 36.5 Å². The van der Waals surface area contributed by atoms with Gasteiger partial charge in [-0.25, -0.2) is 0 Å². The van der Waals surface area contributed by atoms with Gasteiger partial charge in [0.2, 0.25) is 5.78 Å². The molecule has 120 valence electrons. The van der Waals surface area contributed by atoms with Crippen LogP contribution in [0.2, 0.25) is 5.02 Å². The molecule has 3 rings (SSSR count). The molecule has 5 nitrogen and oxygen atoms in total. The molecule has 6 heteroatoms. The Labute approximate surface area is 139 Å². The summed E-state index contributed by atoms with van der Waals surface area (Å²) in [7, 11) is 0. The molecule has 1 aliphatic rings. The highest BCUT2D eigenvalue weighted by Crippen LogP contribution is 2.17. The van der Waals surface area contributed by atoms with E-state index in [2.05, 4.69) is 4.98 Å². The van der Waals surface area contributed by atoms with Gasteiger partial charge < -0.3 is 14.6 Å². The minimum atomic E-state index is -0.184. The lowest BCUT2D eigenvalue weighted by Crippen LogP contribution is -2.27. The maximum absolute atomic E-state index is 12.2. The Balaban J connectivity index is 1.59. The average molecular weight is 333 g/mol. The lowest BCUT2D eigenvalue weighted by molar-refractivity contribution is 0.0787. The molecule has 0 atom stereocenters. The van der Waals surface area contributed by atoms with Crippen LogP contribution in [0.3, 0.4) is 0 Å². The summed E-state index contributed by atoms with van der Waals surface area (Å²) >= 11 is 5.79. The second-order valence-corrected chi connectivity index (χ2v) is 5.90. The fourth-order valence-electron chi connectivity index (χ4n) is 2.53. The van der Waals surface area contributed by atoms with Gasteiger partial charge in [0.1, 0.15) is 11.4 Å². The topological polar surface area (TPSA) is 62.4 Å². The maximum atomic E-state index is 12.2. The molecule has 1 N–H and O–H groups in total. The number of halogens is 1. The Kier molecular flexibility index (Phi) is 4.67. The molecule has 1 saturated heterocycles. The number of ketones is 1. The minimum Gasteiger partial charge on any atom is -0.485 e. The molecule has 2 aromatic rings. The molecule has 0 saturated carbocycles. The fourth-order valence-corrected chi connectivity index (χ4v) is 2.66. The zero-order valence-electron chi connectivity index (χ0n) is 12.5. The van der Waals surface area contributed by atoms with E-state index in [-0.39, 0.29) is 18.3 Å². The average Bonchev–Trinajstić information content (AvgIpc) is 3.25. The van der Waals surface area contributed by atoms with Crippen molar-refractivity contribution in [3.63, 3.8) is 0 Å². The molecule has 23 heavy (non-hydrogen) atoms. The number of aromatic amines is 1. The predicted octanol–water partition coefficient (Wildman–Crippen LogP) is 3.17. The number of nitrogens with zero attached hydrogens (tertiary/aromatic N) is 1. The smallest absolute Gasteiger partial charge is 0.270 e. The standard InChI is InChI=1S/C17H17ClN2O3/c18-13-3-5-14(6-4-13)23-11-16(21)12-9-15(19-10-12)17(22)20-7-1-2-8-20/h3-6,9-10,19H,1-2,7-8,11H2. The van der Waals surface area contributed by atoms with Crippen molar-refractivity contribution in [2.75, 3.05) is 19.7 Å². The normalized spacial score (nSPS) is 14.0. The van der Waals surface area contributed by atoms with E-state index in [0.29, 0.717) is 22.0 Å². The SMILES string of the molecule is O=C(COc1ccc(Cl)cc1)c1c[nH]c(C(=O)N2CCCC2)c1. The van der Waals surface area contributed by atoms with Crippen LogP contribution in [0.5, 0.6) is 5.75 Å². The van der Waals surface area contributed by atoms with Gasteiger partial charge in [-0.2, -0.15) is 0 Å². The number of likely N-dealkylation sites (tertiary alicyclic amines) is 1. The molecule has 1 amide bonds. The highest BCUT2D eigenvalue weighted by molar-refractivity contribution is 6.30. The van der Waals surface area contributed by atoms with Crippen LogP contribution in [0.4, 0.5) is 0 Å². The van der Waals surface area contributed by atoms with Crippen LogP contribution in [0, 0.1) is 0 Å². The van der Waals surface area contributed by atoms with E-state index in [1.165, 1.54) is 0 Å². The number of rotatable bonds is 5. The Morgan fingerprint density at radius 1 is 1.17 bits per heavy atom. The summed E-state index contributed by atoms with van der Waals surface area (Å²) in [6.45, 7) is 1.47. The van der Waals surface area contributed by atoms with E-state index >= 15 is 0 Å². The molecule has 0 radical (unpaired) electrons. The lowest BCUT2D eigenvalue weighted by Gasteiger charge is -2.13. The molecule has 0 unspecified atom stereocenters. The highest BCUT2D eigenvalue weighted by atomic mass is 35.5. The van der Waals surface area contributed by atoms with Crippen LogP contribution < -0.4 is 4.74 Å². The number of carbonyl (C=O) groups is 2. The number of aromatic nitrogens is 1. The van der Waals surface area contributed by atoms with Crippen LogP contribution in [-0.4, -0.2) is 41.3 Å². The van der Waals surface area contributed by atoms with Gasteiger partial charge in [0.15, 0.2) is 6.61 Å². The predicted molar refractivity (Wildman–Crippen MR) is 87.2 cm³/mol. The summed E-state index contributed by atoms with van der Waals surface area (Å²) in [6, 6.07) is 8.40. The van der Waals surface area contributed by atoms with Gasteiger partial charge in [-0.05, 0) is 43.2 Å². The van der Waals surface area contributed by atoms with Crippen molar-refractivity contribution in [3.05, 3.63) is 52.8 Å². The van der Waals surface area contributed by atoms with E-state index < -0.39 is 0 Å². The van der Waals surface area contributed by atoms with Gasteiger partial charge in [0.25, 0.3) is 5.91 Å². The van der Waals surface area contributed by atoms with Gasteiger partial charge in [-0.3, -0.25) is 9.59 Å². The number of Topliss-reactive ketones (excluding diaryl/α,β-unsaturated/α-hetero) is 1.